The van der Waals surface area contributed by atoms with Gasteiger partial charge in [0, 0.05) is 24.6 Å². The molecule has 0 aromatic rings. The maximum absolute atomic E-state index is 12.3. The van der Waals surface area contributed by atoms with E-state index >= 15 is 0 Å². The Morgan fingerprint density at radius 1 is 1.16 bits per heavy atom. The van der Waals surface area contributed by atoms with Crippen LogP contribution in [0.4, 0.5) is 0 Å². The molecule has 4 aliphatic rings. The lowest BCUT2D eigenvalue weighted by Crippen LogP contribution is -2.54. The number of rotatable bonds is 1. The standard InChI is InChI=1S/C21H31NO3/c1-12-11-13-14-5-6-16(19(24)25)20(14,2)9-7-15(13)21(3)10-8-17(23)22(4)18(12)21/h13-16H,5-11H2,1-4H3,(H,24,25)/t13?,14-,15?,16+,20-,21+/m0/s1. The Bertz CT molecular complexity index is 668. The fourth-order valence-corrected chi connectivity index (χ4v) is 7.51. The average Bonchev–Trinajstić information content (AvgIpc) is 2.89. The number of allylic oxidation sites excluding steroid dienone is 2. The number of hydrogen-bond donors (Lipinski definition) is 1. The molecule has 0 spiro atoms. The molecular weight excluding hydrogens is 314 g/mol. The summed E-state index contributed by atoms with van der Waals surface area (Å²) < 4.78 is 0. The van der Waals surface area contributed by atoms with Gasteiger partial charge in [0.2, 0.25) is 5.91 Å². The molecule has 1 aliphatic heterocycles. The second-order valence-corrected chi connectivity index (χ2v) is 9.59. The number of carboxylic acid groups (broad SMARTS) is 1. The fraction of sp³-hybridized carbons (Fsp3) is 0.810. The molecule has 0 bridgehead atoms. The molecule has 6 atom stereocenters. The normalized spacial score (nSPS) is 46.6. The number of aliphatic carboxylic acids is 1. The van der Waals surface area contributed by atoms with Crippen LogP contribution in [0.1, 0.15) is 65.7 Å². The molecule has 1 amide bonds. The van der Waals surface area contributed by atoms with Gasteiger partial charge in [-0.05, 0) is 68.6 Å². The Labute approximate surface area is 150 Å². The molecule has 1 N–H and O–H groups in total. The number of hydrogen-bond acceptors (Lipinski definition) is 2. The Hall–Kier alpha value is -1.32. The van der Waals surface area contributed by atoms with E-state index in [9.17, 15) is 14.7 Å². The molecule has 3 aliphatic carbocycles. The number of likely N-dealkylation sites (tertiary alicyclic amines) is 1. The Morgan fingerprint density at radius 2 is 1.88 bits per heavy atom. The molecule has 138 valence electrons. The second kappa shape index (κ2) is 5.34. The van der Waals surface area contributed by atoms with Gasteiger partial charge in [0.15, 0.2) is 0 Å². The van der Waals surface area contributed by atoms with E-state index in [1.165, 1.54) is 11.3 Å². The van der Waals surface area contributed by atoms with E-state index in [-0.39, 0.29) is 22.7 Å². The Balaban J connectivity index is 1.74. The van der Waals surface area contributed by atoms with Crippen molar-refractivity contribution in [2.75, 3.05) is 7.05 Å². The van der Waals surface area contributed by atoms with Gasteiger partial charge in [0.1, 0.15) is 0 Å². The van der Waals surface area contributed by atoms with Gasteiger partial charge >= 0.3 is 5.97 Å². The molecule has 2 unspecified atom stereocenters. The molecule has 0 radical (unpaired) electrons. The first-order valence-corrected chi connectivity index (χ1v) is 9.89. The van der Waals surface area contributed by atoms with E-state index < -0.39 is 5.97 Å². The van der Waals surface area contributed by atoms with Crippen molar-refractivity contribution in [2.45, 2.75) is 65.7 Å². The SMILES string of the molecule is CC1=C2N(C)C(=O)CC[C@]2(C)C2CC[C@]3(C)[C@@H](C(=O)O)CC[C@H]3C2C1. The van der Waals surface area contributed by atoms with Gasteiger partial charge in [-0.25, -0.2) is 0 Å². The number of amides is 1. The minimum Gasteiger partial charge on any atom is -0.481 e. The van der Waals surface area contributed by atoms with E-state index in [1.807, 2.05) is 11.9 Å². The van der Waals surface area contributed by atoms with Crippen molar-refractivity contribution in [1.29, 1.82) is 0 Å². The number of piperidine rings is 1. The summed E-state index contributed by atoms with van der Waals surface area (Å²) in [6.45, 7) is 6.82. The van der Waals surface area contributed by atoms with E-state index in [0.717, 1.165) is 38.5 Å². The highest BCUT2D eigenvalue weighted by atomic mass is 16.4. The summed E-state index contributed by atoms with van der Waals surface area (Å²) in [6, 6.07) is 0. The van der Waals surface area contributed by atoms with Crippen LogP contribution >= 0.6 is 0 Å². The molecule has 25 heavy (non-hydrogen) atoms. The van der Waals surface area contributed by atoms with Crippen molar-refractivity contribution in [1.82, 2.24) is 4.90 Å². The van der Waals surface area contributed by atoms with Gasteiger partial charge in [-0.15, -0.1) is 0 Å². The van der Waals surface area contributed by atoms with Crippen LogP contribution in [-0.2, 0) is 9.59 Å². The van der Waals surface area contributed by atoms with Crippen molar-refractivity contribution in [2.24, 2.45) is 34.5 Å². The topological polar surface area (TPSA) is 57.6 Å². The van der Waals surface area contributed by atoms with Crippen LogP contribution < -0.4 is 0 Å². The summed E-state index contributed by atoms with van der Waals surface area (Å²) in [5, 5.41) is 9.71. The summed E-state index contributed by atoms with van der Waals surface area (Å²) >= 11 is 0. The van der Waals surface area contributed by atoms with Crippen molar-refractivity contribution >= 4 is 11.9 Å². The lowest BCUT2D eigenvalue weighted by molar-refractivity contribution is -0.150. The highest BCUT2D eigenvalue weighted by Gasteiger charge is 2.61. The van der Waals surface area contributed by atoms with Gasteiger partial charge in [0.05, 0.1) is 5.92 Å². The van der Waals surface area contributed by atoms with Crippen LogP contribution in [0.2, 0.25) is 0 Å². The first kappa shape index (κ1) is 17.1. The fourth-order valence-electron chi connectivity index (χ4n) is 7.51. The highest BCUT2D eigenvalue weighted by Crippen LogP contribution is 2.66. The zero-order valence-electron chi connectivity index (χ0n) is 16.0. The lowest BCUT2D eigenvalue weighted by atomic mass is 9.48. The summed E-state index contributed by atoms with van der Waals surface area (Å²) in [7, 11) is 1.95. The minimum atomic E-state index is -0.596. The van der Waals surface area contributed by atoms with Crippen molar-refractivity contribution in [3.05, 3.63) is 11.3 Å². The first-order chi connectivity index (χ1) is 11.7. The minimum absolute atomic E-state index is 0.0441. The largest absolute Gasteiger partial charge is 0.481 e. The van der Waals surface area contributed by atoms with E-state index in [0.29, 0.717) is 24.2 Å². The van der Waals surface area contributed by atoms with Crippen LogP contribution in [0.15, 0.2) is 11.3 Å². The van der Waals surface area contributed by atoms with Gasteiger partial charge in [0.25, 0.3) is 0 Å². The summed E-state index contributed by atoms with van der Waals surface area (Å²) in [6.07, 6.45) is 6.67. The number of carbonyl (C=O) groups is 2. The summed E-state index contributed by atoms with van der Waals surface area (Å²) in [4.78, 5) is 26.0. The molecule has 4 rings (SSSR count). The van der Waals surface area contributed by atoms with Crippen LogP contribution in [-0.4, -0.2) is 28.9 Å². The van der Waals surface area contributed by atoms with Gasteiger partial charge in [-0.1, -0.05) is 19.4 Å². The van der Waals surface area contributed by atoms with Gasteiger partial charge < -0.3 is 10.0 Å². The van der Waals surface area contributed by atoms with Crippen molar-refractivity contribution < 1.29 is 14.7 Å². The quantitative estimate of drug-likeness (QED) is 0.779. The smallest absolute Gasteiger partial charge is 0.307 e. The maximum atomic E-state index is 12.3. The van der Waals surface area contributed by atoms with Crippen LogP contribution in [0.25, 0.3) is 0 Å². The predicted molar refractivity (Wildman–Crippen MR) is 95.6 cm³/mol. The molecule has 4 heteroatoms. The number of carboxylic acids is 1. The van der Waals surface area contributed by atoms with E-state index in [2.05, 4.69) is 20.8 Å². The first-order valence-electron chi connectivity index (χ1n) is 9.89. The van der Waals surface area contributed by atoms with Gasteiger partial charge in [-0.2, -0.15) is 0 Å². The number of nitrogens with zero attached hydrogens (tertiary/aromatic N) is 1. The van der Waals surface area contributed by atoms with Crippen molar-refractivity contribution in [3.8, 4) is 0 Å². The summed E-state index contributed by atoms with van der Waals surface area (Å²) in [5.41, 5.74) is 2.68. The van der Waals surface area contributed by atoms with Crippen LogP contribution in [0, 0.1) is 34.5 Å². The third-order valence-electron chi connectivity index (χ3n) is 8.61. The predicted octanol–water partition coefficient (Wildman–Crippen LogP) is 4.07. The second-order valence-electron chi connectivity index (χ2n) is 9.59. The lowest BCUT2D eigenvalue weighted by Gasteiger charge is -2.59. The Morgan fingerprint density at radius 3 is 2.56 bits per heavy atom. The van der Waals surface area contributed by atoms with E-state index in [1.54, 1.807) is 0 Å². The molecule has 0 aromatic heterocycles. The summed E-state index contributed by atoms with van der Waals surface area (Å²) in [5.74, 6) is 1.17. The third-order valence-corrected chi connectivity index (χ3v) is 8.61. The molecule has 1 saturated heterocycles. The number of fused-ring (bicyclic) bond motifs is 5. The third kappa shape index (κ3) is 2.12. The van der Waals surface area contributed by atoms with Crippen LogP contribution in [0.3, 0.4) is 0 Å². The molecule has 0 aromatic carbocycles. The van der Waals surface area contributed by atoms with E-state index in [4.69, 9.17) is 0 Å². The average molecular weight is 345 g/mol. The highest BCUT2D eigenvalue weighted by molar-refractivity contribution is 5.80. The molecular formula is C21H31NO3. The van der Waals surface area contributed by atoms with Crippen LogP contribution in [0.5, 0.6) is 0 Å². The van der Waals surface area contributed by atoms with Crippen molar-refractivity contribution in [3.63, 3.8) is 0 Å². The molecule has 3 fully saturated rings. The molecule has 2 saturated carbocycles. The monoisotopic (exact) mass is 345 g/mol. The maximum Gasteiger partial charge on any atom is 0.307 e. The molecule has 1 heterocycles. The Kier molecular flexibility index (Phi) is 3.66. The zero-order chi connectivity index (χ0) is 18.1. The van der Waals surface area contributed by atoms with Gasteiger partial charge in [-0.3, -0.25) is 9.59 Å². The number of carbonyl (C=O) groups excluding carboxylic acids is 1. The zero-order valence-corrected chi connectivity index (χ0v) is 16.0. The molecule has 4 nitrogen and oxygen atoms in total.